The first-order chi connectivity index (χ1) is 9.69. The maximum Gasteiger partial charge on any atom is 0.332 e. The highest BCUT2D eigenvalue weighted by Crippen LogP contribution is 2.23. The molecular weight excluding hydrogens is 641 g/mol. The van der Waals surface area contributed by atoms with Crippen LogP contribution in [0.4, 0.5) is 0 Å². The van der Waals surface area contributed by atoms with Crippen molar-refractivity contribution in [3.8, 4) is 0 Å². The summed E-state index contributed by atoms with van der Waals surface area (Å²) in [5.74, 6) is -1.29. The Balaban J connectivity index is 2.39. The van der Waals surface area contributed by atoms with Gasteiger partial charge in [0.15, 0.2) is 0 Å². The van der Waals surface area contributed by atoms with E-state index >= 15 is 0 Å². The minimum absolute atomic E-state index is 0.265. The topological polar surface area (TPSA) is 89.9 Å². The first kappa shape index (κ1) is 19.8. The maximum absolute atomic E-state index is 11.3. The van der Waals surface area contributed by atoms with Crippen LogP contribution in [0.1, 0.15) is 5.56 Å². The molecule has 1 N–H and O–H groups in total. The molecule has 0 amide bonds. The van der Waals surface area contributed by atoms with Gasteiger partial charge in [0.05, 0.1) is 6.61 Å². The standard InChI is InChI=1S/C11H11I3O6S/c12-7-3-9(13)8(10(14)4-7)5-19-6-11(15)20-1-2-21(16,17)18/h3-4H,1-2,5-6H2,(H,16,17,18). The average Bonchev–Trinajstić information content (AvgIpc) is 2.30. The minimum atomic E-state index is -4.12. The molecule has 0 aliphatic rings. The summed E-state index contributed by atoms with van der Waals surface area (Å²) in [7, 11) is -4.12. The highest BCUT2D eigenvalue weighted by atomic mass is 127. The molecule has 0 saturated carbocycles. The van der Waals surface area contributed by atoms with Gasteiger partial charge in [-0.05, 0) is 79.9 Å². The van der Waals surface area contributed by atoms with Crippen LogP contribution in [0.2, 0.25) is 0 Å². The van der Waals surface area contributed by atoms with Crippen molar-refractivity contribution in [3.63, 3.8) is 0 Å². The quantitative estimate of drug-likeness (QED) is 0.277. The Morgan fingerprint density at radius 3 is 2.29 bits per heavy atom. The molecule has 0 saturated heterocycles. The van der Waals surface area contributed by atoms with Crippen LogP contribution in [0, 0.1) is 10.7 Å². The van der Waals surface area contributed by atoms with E-state index in [-0.39, 0.29) is 19.8 Å². The number of carbonyl (C=O) groups excluding carboxylic acids is 1. The highest BCUT2D eigenvalue weighted by molar-refractivity contribution is 14.1. The number of halogens is 3. The van der Waals surface area contributed by atoms with Crippen molar-refractivity contribution in [1.29, 1.82) is 0 Å². The van der Waals surface area contributed by atoms with Gasteiger partial charge in [0, 0.05) is 16.3 Å². The van der Waals surface area contributed by atoms with Gasteiger partial charge in [0.25, 0.3) is 10.1 Å². The van der Waals surface area contributed by atoms with Gasteiger partial charge >= 0.3 is 5.97 Å². The van der Waals surface area contributed by atoms with Crippen molar-refractivity contribution in [1.82, 2.24) is 0 Å². The van der Waals surface area contributed by atoms with E-state index in [0.29, 0.717) is 0 Å². The van der Waals surface area contributed by atoms with E-state index in [2.05, 4.69) is 72.5 Å². The van der Waals surface area contributed by atoms with Crippen molar-refractivity contribution >= 4 is 83.9 Å². The van der Waals surface area contributed by atoms with Crippen molar-refractivity contribution in [2.45, 2.75) is 6.61 Å². The summed E-state index contributed by atoms with van der Waals surface area (Å²) >= 11 is 6.62. The third kappa shape index (κ3) is 8.24. The lowest BCUT2D eigenvalue weighted by Crippen LogP contribution is -2.18. The number of esters is 1. The van der Waals surface area contributed by atoms with Crippen LogP contribution in [-0.2, 0) is 31.0 Å². The fourth-order valence-electron chi connectivity index (χ4n) is 1.25. The third-order valence-electron chi connectivity index (χ3n) is 2.18. The fourth-order valence-corrected chi connectivity index (χ4v) is 5.44. The Hall–Kier alpha value is 0.750. The molecular formula is C11H11I3O6S. The zero-order chi connectivity index (χ0) is 16.0. The molecule has 1 aromatic carbocycles. The number of benzene rings is 1. The first-order valence-corrected chi connectivity index (χ1v) is 10.4. The molecule has 10 heteroatoms. The largest absolute Gasteiger partial charge is 0.463 e. The summed E-state index contributed by atoms with van der Waals surface area (Å²) in [4.78, 5) is 11.3. The van der Waals surface area contributed by atoms with Crippen LogP contribution in [0.5, 0.6) is 0 Å². The Kier molecular flexibility index (Phi) is 8.62. The molecule has 118 valence electrons. The Labute approximate surface area is 163 Å². The van der Waals surface area contributed by atoms with Crippen LogP contribution < -0.4 is 0 Å². The SMILES string of the molecule is O=C(COCc1c(I)cc(I)cc1I)OCCS(=O)(=O)O. The molecule has 0 atom stereocenters. The molecule has 0 bridgehead atoms. The number of hydrogen-bond acceptors (Lipinski definition) is 5. The molecule has 0 aliphatic carbocycles. The lowest BCUT2D eigenvalue weighted by molar-refractivity contribution is -0.148. The molecule has 21 heavy (non-hydrogen) atoms. The van der Waals surface area contributed by atoms with Gasteiger partial charge in [-0.15, -0.1) is 0 Å². The van der Waals surface area contributed by atoms with Crippen LogP contribution in [0.3, 0.4) is 0 Å². The molecule has 0 radical (unpaired) electrons. The first-order valence-electron chi connectivity index (χ1n) is 5.51. The van der Waals surface area contributed by atoms with Crippen molar-refractivity contribution in [3.05, 3.63) is 28.4 Å². The van der Waals surface area contributed by atoms with E-state index in [1.54, 1.807) is 0 Å². The van der Waals surface area contributed by atoms with Crippen LogP contribution >= 0.6 is 67.8 Å². The monoisotopic (exact) mass is 652 g/mol. The molecule has 0 aromatic heterocycles. The second-order valence-electron chi connectivity index (χ2n) is 3.85. The lowest BCUT2D eigenvalue weighted by Gasteiger charge is -2.09. The van der Waals surface area contributed by atoms with Crippen molar-refractivity contribution in [2.24, 2.45) is 0 Å². The van der Waals surface area contributed by atoms with Gasteiger partial charge in [-0.1, -0.05) is 0 Å². The predicted octanol–water partition coefficient (Wildman–Crippen LogP) is 2.45. The second kappa shape index (κ2) is 9.14. The van der Waals surface area contributed by atoms with E-state index in [4.69, 9.17) is 9.29 Å². The number of ether oxygens (including phenoxy) is 2. The summed E-state index contributed by atoms with van der Waals surface area (Å²) in [6, 6.07) is 4.01. The van der Waals surface area contributed by atoms with Gasteiger partial charge in [0.1, 0.15) is 19.0 Å². The summed E-state index contributed by atoms with van der Waals surface area (Å²) in [6.07, 6.45) is 0. The number of carbonyl (C=O) groups is 1. The van der Waals surface area contributed by atoms with Crippen LogP contribution in [-0.4, -0.2) is 37.9 Å². The number of rotatable bonds is 7. The average molecular weight is 652 g/mol. The second-order valence-corrected chi connectivity index (χ2v) is 8.99. The zero-order valence-corrected chi connectivity index (χ0v) is 17.8. The summed E-state index contributed by atoms with van der Waals surface area (Å²) in [5, 5.41) is 0. The van der Waals surface area contributed by atoms with Gasteiger partial charge in [-0.25, -0.2) is 4.79 Å². The fraction of sp³-hybridized carbons (Fsp3) is 0.364. The van der Waals surface area contributed by atoms with Crippen molar-refractivity contribution in [2.75, 3.05) is 19.0 Å². The summed E-state index contributed by atoms with van der Waals surface area (Å²) in [6.45, 7) is -0.399. The zero-order valence-electron chi connectivity index (χ0n) is 10.5. The van der Waals surface area contributed by atoms with Crippen molar-refractivity contribution < 1.29 is 27.2 Å². The highest BCUT2D eigenvalue weighted by Gasteiger charge is 2.10. The Morgan fingerprint density at radius 1 is 1.19 bits per heavy atom. The number of hydrogen-bond donors (Lipinski definition) is 1. The van der Waals surface area contributed by atoms with E-state index in [9.17, 15) is 13.2 Å². The smallest absolute Gasteiger partial charge is 0.332 e. The maximum atomic E-state index is 11.3. The predicted molar refractivity (Wildman–Crippen MR) is 102 cm³/mol. The van der Waals surface area contributed by atoms with E-state index in [1.807, 2.05) is 12.1 Å². The Bertz CT molecular complexity index is 593. The molecule has 1 rings (SSSR count). The van der Waals surface area contributed by atoms with Gasteiger partial charge in [-0.3, -0.25) is 4.55 Å². The van der Waals surface area contributed by atoms with Gasteiger partial charge in [0.2, 0.25) is 0 Å². The molecule has 1 aromatic rings. The van der Waals surface area contributed by atoms with Crippen LogP contribution in [0.25, 0.3) is 0 Å². The lowest BCUT2D eigenvalue weighted by atomic mass is 10.2. The molecule has 6 nitrogen and oxygen atoms in total. The van der Waals surface area contributed by atoms with E-state index in [1.165, 1.54) is 0 Å². The van der Waals surface area contributed by atoms with E-state index < -0.39 is 21.8 Å². The molecule has 0 aliphatic heterocycles. The summed E-state index contributed by atoms with van der Waals surface area (Å²) in [5.41, 5.74) is 0.988. The normalized spacial score (nSPS) is 11.4. The molecule has 0 unspecified atom stereocenters. The minimum Gasteiger partial charge on any atom is -0.463 e. The molecule has 0 fully saturated rings. The van der Waals surface area contributed by atoms with Gasteiger partial charge < -0.3 is 9.47 Å². The molecule has 0 spiro atoms. The van der Waals surface area contributed by atoms with Crippen LogP contribution in [0.15, 0.2) is 12.1 Å². The third-order valence-corrected chi connectivity index (χ3v) is 5.41. The van der Waals surface area contributed by atoms with E-state index in [0.717, 1.165) is 16.3 Å². The Morgan fingerprint density at radius 2 is 1.76 bits per heavy atom. The van der Waals surface area contributed by atoms with Gasteiger partial charge in [-0.2, -0.15) is 8.42 Å². The molecule has 0 heterocycles. The summed E-state index contributed by atoms with van der Waals surface area (Å²) < 4.78 is 42.5.